The highest BCUT2D eigenvalue weighted by Gasteiger charge is 2.18. The van der Waals surface area contributed by atoms with Crippen LogP contribution in [0.4, 0.5) is 11.6 Å². The molecule has 1 aromatic carbocycles. The zero-order valence-electron chi connectivity index (χ0n) is 10.0. The Bertz CT molecular complexity index is 716. The number of sulfonamides is 1. The van der Waals surface area contributed by atoms with Crippen LogP contribution in [0.5, 0.6) is 5.88 Å². The Labute approximate surface area is 110 Å². The molecule has 0 aliphatic carbocycles. The van der Waals surface area contributed by atoms with Crippen LogP contribution in [0, 0.1) is 6.92 Å². The van der Waals surface area contributed by atoms with E-state index < -0.39 is 10.0 Å². The average Bonchev–Trinajstić information content (AvgIpc) is 2.31. The number of aromatic hydroxyl groups is 1. The van der Waals surface area contributed by atoms with Gasteiger partial charge in [0.05, 0.1) is 4.90 Å². The van der Waals surface area contributed by atoms with Crippen molar-refractivity contribution in [2.75, 3.05) is 10.5 Å². The molecule has 0 amide bonds. The van der Waals surface area contributed by atoms with E-state index in [1.807, 2.05) is 0 Å². The summed E-state index contributed by atoms with van der Waals surface area (Å²) >= 11 is 0. The molecule has 8 heteroatoms. The third-order valence-electron chi connectivity index (χ3n) is 2.37. The molecule has 19 heavy (non-hydrogen) atoms. The van der Waals surface area contributed by atoms with Gasteiger partial charge in [0.15, 0.2) is 0 Å². The fourth-order valence-electron chi connectivity index (χ4n) is 1.48. The van der Waals surface area contributed by atoms with Crippen LogP contribution < -0.4 is 10.5 Å². The van der Waals surface area contributed by atoms with Gasteiger partial charge in [-0.3, -0.25) is 0 Å². The molecule has 7 nitrogen and oxygen atoms in total. The molecule has 0 aliphatic heterocycles. The van der Waals surface area contributed by atoms with Crippen LogP contribution in [0.25, 0.3) is 0 Å². The lowest BCUT2D eigenvalue weighted by Crippen LogP contribution is -2.16. The summed E-state index contributed by atoms with van der Waals surface area (Å²) in [6.07, 6.45) is 1.24. The first kappa shape index (κ1) is 13.1. The van der Waals surface area contributed by atoms with Crippen molar-refractivity contribution in [3.05, 3.63) is 36.0 Å². The molecule has 0 atom stereocenters. The molecule has 0 fully saturated rings. The van der Waals surface area contributed by atoms with Crippen molar-refractivity contribution >= 4 is 21.7 Å². The van der Waals surface area contributed by atoms with E-state index in [1.54, 1.807) is 19.1 Å². The first-order valence-corrected chi connectivity index (χ1v) is 6.78. The highest BCUT2D eigenvalue weighted by atomic mass is 32.2. The molecule has 2 aromatic rings. The number of nitrogens with zero attached hydrogens (tertiary/aromatic N) is 2. The van der Waals surface area contributed by atoms with Gasteiger partial charge in [0, 0.05) is 18.0 Å². The van der Waals surface area contributed by atoms with Crippen LogP contribution in [0.15, 0.2) is 35.4 Å². The number of benzene rings is 1. The Morgan fingerprint density at radius 3 is 2.74 bits per heavy atom. The second-order valence-electron chi connectivity index (χ2n) is 3.87. The van der Waals surface area contributed by atoms with Gasteiger partial charge < -0.3 is 10.8 Å². The van der Waals surface area contributed by atoms with E-state index in [0.717, 1.165) is 0 Å². The summed E-state index contributed by atoms with van der Waals surface area (Å²) in [5.41, 5.74) is 6.46. The third kappa shape index (κ3) is 2.91. The molecule has 0 saturated heterocycles. The van der Waals surface area contributed by atoms with Crippen molar-refractivity contribution in [3.63, 3.8) is 0 Å². The summed E-state index contributed by atoms with van der Waals surface area (Å²) in [6, 6.07) is 5.80. The molecule has 2 rings (SSSR count). The fraction of sp³-hybridized carbons (Fsp3) is 0.0909. The molecule has 0 spiro atoms. The summed E-state index contributed by atoms with van der Waals surface area (Å²) in [4.78, 5) is 7.31. The predicted octanol–water partition coefficient (Wildman–Crippen LogP) is 0.874. The number of nitrogen functional groups attached to an aromatic ring is 1. The SMILES string of the molecule is Cc1ccc(N)cc1S(=O)(=O)Nc1nccc(O)n1. The van der Waals surface area contributed by atoms with Gasteiger partial charge in [-0.15, -0.1) is 0 Å². The molecule has 0 bridgehead atoms. The van der Waals surface area contributed by atoms with Crippen molar-refractivity contribution in [3.8, 4) is 5.88 Å². The lowest BCUT2D eigenvalue weighted by Gasteiger charge is -2.09. The van der Waals surface area contributed by atoms with Crippen molar-refractivity contribution in [1.82, 2.24) is 9.97 Å². The first-order chi connectivity index (χ1) is 8.88. The topological polar surface area (TPSA) is 118 Å². The maximum atomic E-state index is 12.2. The monoisotopic (exact) mass is 280 g/mol. The maximum Gasteiger partial charge on any atom is 0.264 e. The summed E-state index contributed by atoms with van der Waals surface area (Å²) in [5, 5.41) is 9.17. The van der Waals surface area contributed by atoms with Gasteiger partial charge in [0.1, 0.15) is 0 Å². The van der Waals surface area contributed by atoms with Gasteiger partial charge >= 0.3 is 0 Å². The van der Waals surface area contributed by atoms with E-state index in [2.05, 4.69) is 14.7 Å². The lowest BCUT2D eigenvalue weighted by atomic mass is 10.2. The summed E-state index contributed by atoms with van der Waals surface area (Å²) in [7, 11) is -3.85. The van der Waals surface area contributed by atoms with E-state index in [-0.39, 0.29) is 16.7 Å². The highest BCUT2D eigenvalue weighted by Crippen LogP contribution is 2.20. The smallest absolute Gasteiger partial charge is 0.264 e. The number of anilines is 2. The van der Waals surface area contributed by atoms with Gasteiger partial charge in [-0.05, 0) is 24.6 Å². The Hall–Kier alpha value is -2.35. The Morgan fingerprint density at radius 2 is 2.05 bits per heavy atom. The minimum Gasteiger partial charge on any atom is -0.493 e. The van der Waals surface area contributed by atoms with Crippen LogP contribution in [0.2, 0.25) is 0 Å². The van der Waals surface area contributed by atoms with Crippen molar-refractivity contribution in [2.45, 2.75) is 11.8 Å². The Kier molecular flexibility index (Phi) is 3.26. The van der Waals surface area contributed by atoms with Crippen LogP contribution in [-0.2, 0) is 10.0 Å². The minimum absolute atomic E-state index is 0.0412. The predicted molar refractivity (Wildman–Crippen MR) is 70.1 cm³/mol. The molecule has 0 aliphatic rings. The first-order valence-electron chi connectivity index (χ1n) is 5.29. The third-order valence-corrected chi connectivity index (χ3v) is 3.84. The molecular formula is C11H12N4O3S. The molecule has 1 heterocycles. The van der Waals surface area contributed by atoms with Gasteiger partial charge in [-0.25, -0.2) is 18.1 Å². The number of aromatic nitrogens is 2. The number of hydrogen-bond donors (Lipinski definition) is 3. The molecule has 4 N–H and O–H groups in total. The van der Waals surface area contributed by atoms with Crippen molar-refractivity contribution in [1.29, 1.82) is 0 Å². The second-order valence-corrected chi connectivity index (χ2v) is 5.52. The van der Waals surface area contributed by atoms with Crippen LogP contribution in [0.3, 0.4) is 0 Å². The average molecular weight is 280 g/mol. The molecular weight excluding hydrogens is 268 g/mol. The quantitative estimate of drug-likeness (QED) is 0.718. The Balaban J connectivity index is 2.40. The van der Waals surface area contributed by atoms with E-state index in [4.69, 9.17) is 5.73 Å². The second kappa shape index (κ2) is 4.73. The van der Waals surface area contributed by atoms with Gasteiger partial charge in [-0.1, -0.05) is 6.07 Å². The Morgan fingerprint density at radius 1 is 1.32 bits per heavy atom. The number of nitrogens with one attached hydrogen (secondary N) is 1. The molecule has 0 saturated carbocycles. The standard InChI is InChI=1S/C11H12N4O3S/c1-7-2-3-8(12)6-9(7)19(17,18)15-11-13-5-4-10(16)14-11/h2-6H,12H2,1H3,(H2,13,14,15,16). The zero-order valence-corrected chi connectivity index (χ0v) is 10.8. The largest absolute Gasteiger partial charge is 0.493 e. The number of aryl methyl sites for hydroxylation is 1. The molecule has 1 aromatic heterocycles. The van der Waals surface area contributed by atoms with E-state index >= 15 is 0 Å². The van der Waals surface area contributed by atoms with E-state index in [0.29, 0.717) is 11.3 Å². The maximum absolute atomic E-state index is 12.2. The number of rotatable bonds is 3. The highest BCUT2D eigenvalue weighted by molar-refractivity contribution is 7.92. The fourth-order valence-corrected chi connectivity index (χ4v) is 2.71. The van der Waals surface area contributed by atoms with Crippen LogP contribution in [-0.4, -0.2) is 23.5 Å². The van der Waals surface area contributed by atoms with E-state index in [1.165, 1.54) is 18.3 Å². The minimum atomic E-state index is -3.85. The van der Waals surface area contributed by atoms with Gasteiger partial charge in [0.2, 0.25) is 11.8 Å². The summed E-state index contributed by atoms with van der Waals surface area (Å²) < 4.78 is 26.5. The number of hydrogen-bond acceptors (Lipinski definition) is 6. The normalized spacial score (nSPS) is 11.2. The van der Waals surface area contributed by atoms with Crippen molar-refractivity contribution in [2.24, 2.45) is 0 Å². The lowest BCUT2D eigenvalue weighted by molar-refractivity contribution is 0.453. The molecule has 0 unspecified atom stereocenters. The van der Waals surface area contributed by atoms with Crippen molar-refractivity contribution < 1.29 is 13.5 Å². The van der Waals surface area contributed by atoms with Crippen LogP contribution >= 0.6 is 0 Å². The van der Waals surface area contributed by atoms with Crippen LogP contribution in [0.1, 0.15) is 5.56 Å². The van der Waals surface area contributed by atoms with Gasteiger partial charge in [-0.2, -0.15) is 4.98 Å². The number of nitrogens with two attached hydrogens (primary N) is 1. The summed E-state index contributed by atoms with van der Waals surface area (Å²) in [5.74, 6) is -0.529. The molecule has 0 radical (unpaired) electrons. The zero-order chi connectivity index (χ0) is 14.0. The van der Waals surface area contributed by atoms with Gasteiger partial charge in [0.25, 0.3) is 10.0 Å². The van der Waals surface area contributed by atoms with E-state index in [9.17, 15) is 13.5 Å². The summed E-state index contributed by atoms with van der Waals surface area (Å²) in [6.45, 7) is 1.65. The molecule has 100 valence electrons.